The van der Waals surface area contributed by atoms with Gasteiger partial charge < -0.3 is 19.3 Å². The third-order valence-corrected chi connectivity index (χ3v) is 5.99. The number of carbonyl (C=O) groups is 1. The van der Waals surface area contributed by atoms with Crippen molar-refractivity contribution in [3.8, 4) is 11.8 Å². The minimum atomic E-state index is -1.08. The summed E-state index contributed by atoms with van der Waals surface area (Å²) in [5.41, 5.74) is -0.815. The number of rotatable bonds is 3. The Labute approximate surface area is 161 Å². The van der Waals surface area contributed by atoms with Gasteiger partial charge in [-0.3, -0.25) is 4.79 Å². The van der Waals surface area contributed by atoms with Crippen LogP contribution in [-0.4, -0.2) is 59.1 Å². The molecule has 1 N–H and O–H groups in total. The lowest BCUT2D eigenvalue weighted by molar-refractivity contribution is 0.0656. The third kappa shape index (κ3) is 4.56. The van der Waals surface area contributed by atoms with Crippen molar-refractivity contribution >= 4 is 5.91 Å². The molecule has 4 rings (SSSR count). The maximum atomic E-state index is 12.9. The van der Waals surface area contributed by atoms with E-state index in [9.17, 15) is 9.90 Å². The summed E-state index contributed by atoms with van der Waals surface area (Å²) < 4.78 is 5.62. The first kappa shape index (κ1) is 18.6. The van der Waals surface area contributed by atoms with Crippen molar-refractivity contribution in [1.82, 2.24) is 9.80 Å². The Morgan fingerprint density at radius 2 is 2.11 bits per heavy atom. The van der Waals surface area contributed by atoms with Crippen molar-refractivity contribution < 1.29 is 14.3 Å². The summed E-state index contributed by atoms with van der Waals surface area (Å²) in [7, 11) is 0. The summed E-state index contributed by atoms with van der Waals surface area (Å²) in [6.45, 7) is 8.48. The topological polar surface area (TPSA) is 56.9 Å². The molecule has 0 aromatic carbocycles. The van der Waals surface area contributed by atoms with E-state index in [0.29, 0.717) is 11.5 Å². The Morgan fingerprint density at radius 1 is 1.30 bits per heavy atom. The second-order valence-corrected chi connectivity index (χ2v) is 9.23. The monoisotopic (exact) mass is 370 g/mol. The molecule has 2 aliphatic heterocycles. The van der Waals surface area contributed by atoms with Gasteiger partial charge in [-0.25, -0.2) is 0 Å². The number of hydrogen-bond donors (Lipinski definition) is 1. The SMILES string of the molecule is CC(C)(O)C#Cc1ccc(C(=O)N2CC[C@@]3(CCCN(CC4CC4)C3)C2)o1. The number of piperidine rings is 1. The molecular formula is C22H30N2O3. The Morgan fingerprint density at radius 3 is 2.85 bits per heavy atom. The van der Waals surface area contributed by atoms with Gasteiger partial charge in [0.05, 0.1) is 0 Å². The van der Waals surface area contributed by atoms with Crippen molar-refractivity contribution in [2.24, 2.45) is 11.3 Å². The van der Waals surface area contributed by atoms with Crippen molar-refractivity contribution in [3.63, 3.8) is 0 Å². The zero-order valence-corrected chi connectivity index (χ0v) is 16.5. The highest BCUT2D eigenvalue weighted by Crippen LogP contribution is 2.41. The van der Waals surface area contributed by atoms with Gasteiger partial charge in [-0.15, -0.1) is 0 Å². The van der Waals surface area contributed by atoms with E-state index >= 15 is 0 Å². The van der Waals surface area contributed by atoms with Gasteiger partial charge in [0.1, 0.15) is 5.60 Å². The Balaban J connectivity index is 1.39. The van der Waals surface area contributed by atoms with Crippen LogP contribution in [0.2, 0.25) is 0 Å². The molecule has 5 heteroatoms. The van der Waals surface area contributed by atoms with E-state index in [1.807, 2.05) is 4.90 Å². The fourth-order valence-corrected chi connectivity index (χ4v) is 4.46. The van der Waals surface area contributed by atoms with Gasteiger partial charge in [-0.1, -0.05) is 5.92 Å². The lowest BCUT2D eigenvalue weighted by Gasteiger charge is -2.40. The predicted molar refractivity (Wildman–Crippen MR) is 103 cm³/mol. The Bertz CT molecular complexity index is 763. The maximum Gasteiger partial charge on any atom is 0.289 e. The highest BCUT2D eigenvalue weighted by atomic mass is 16.4. The number of aliphatic hydroxyl groups is 1. The summed E-state index contributed by atoms with van der Waals surface area (Å²) in [6.07, 6.45) is 6.34. The number of hydrogen-bond acceptors (Lipinski definition) is 4. The van der Waals surface area contributed by atoms with Crippen LogP contribution in [0.1, 0.15) is 62.3 Å². The molecule has 0 radical (unpaired) electrons. The van der Waals surface area contributed by atoms with Crippen LogP contribution in [0.25, 0.3) is 0 Å². The van der Waals surface area contributed by atoms with Crippen LogP contribution in [-0.2, 0) is 0 Å². The molecule has 146 valence electrons. The van der Waals surface area contributed by atoms with E-state index < -0.39 is 5.60 Å². The fraction of sp³-hybridized carbons (Fsp3) is 0.682. The second-order valence-electron chi connectivity index (χ2n) is 9.23. The molecule has 3 aliphatic rings. The molecule has 1 atom stereocenters. The molecule has 27 heavy (non-hydrogen) atoms. The average molecular weight is 370 g/mol. The highest BCUT2D eigenvalue weighted by Gasteiger charge is 2.44. The van der Waals surface area contributed by atoms with Gasteiger partial charge in [0, 0.05) is 31.6 Å². The first-order chi connectivity index (χ1) is 12.8. The molecule has 1 aromatic rings. The quantitative estimate of drug-likeness (QED) is 0.832. The van der Waals surface area contributed by atoms with Crippen LogP contribution in [0.3, 0.4) is 0 Å². The van der Waals surface area contributed by atoms with Crippen LogP contribution in [0.15, 0.2) is 16.5 Å². The summed E-state index contributed by atoms with van der Waals surface area (Å²) >= 11 is 0. The smallest absolute Gasteiger partial charge is 0.289 e. The van der Waals surface area contributed by atoms with Gasteiger partial charge in [-0.05, 0) is 76.5 Å². The molecule has 0 unspecified atom stereocenters. The first-order valence-corrected chi connectivity index (χ1v) is 10.2. The van der Waals surface area contributed by atoms with E-state index in [1.54, 1.807) is 26.0 Å². The zero-order chi connectivity index (χ0) is 19.1. The number of carbonyl (C=O) groups excluding carboxylic acids is 1. The fourth-order valence-electron chi connectivity index (χ4n) is 4.46. The largest absolute Gasteiger partial charge is 0.443 e. The molecule has 1 aromatic heterocycles. The van der Waals surface area contributed by atoms with Gasteiger partial charge in [0.15, 0.2) is 11.5 Å². The van der Waals surface area contributed by atoms with E-state index in [4.69, 9.17) is 4.42 Å². The predicted octanol–water partition coefficient (Wildman–Crippen LogP) is 2.74. The average Bonchev–Trinajstić information content (AvgIpc) is 3.15. The number of nitrogens with zero attached hydrogens (tertiary/aromatic N) is 2. The number of amides is 1. The van der Waals surface area contributed by atoms with Crippen molar-refractivity contribution in [1.29, 1.82) is 0 Å². The van der Waals surface area contributed by atoms with E-state index in [-0.39, 0.29) is 11.3 Å². The maximum absolute atomic E-state index is 12.9. The van der Waals surface area contributed by atoms with Crippen LogP contribution < -0.4 is 0 Å². The van der Waals surface area contributed by atoms with Gasteiger partial charge in [0.25, 0.3) is 5.91 Å². The molecule has 0 bridgehead atoms. The zero-order valence-electron chi connectivity index (χ0n) is 16.5. The molecule has 3 fully saturated rings. The summed E-state index contributed by atoms with van der Waals surface area (Å²) in [5, 5.41) is 9.69. The van der Waals surface area contributed by atoms with Gasteiger partial charge in [-0.2, -0.15) is 0 Å². The molecule has 1 saturated carbocycles. The normalized spacial score (nSPS) is 26.3. The molecule has 3 heterocycles. The molecule has 1 amide bonds. The van der Waals surface area contributed by atoms with Gasteiger partial charge in [0.2, 0.25) is 0 Å². The van der Waals surface area contributed by atoms with Crippen LogP contribution in [0.5, 0.6) is 0 Å². The van der Waals surface area contributed by atoms with Crippen LogP contribution in [0, 0.1) is 23.2 Å². The Hall–Kier alpha value is -1.77. The van der Waals surface area contributed by atoms with E-state index in [0.717, 1.165) is 32.0 Å². The Kier molecular flexibility index (Phi) is 4.82. The third-order valence-electron chi connectivity index (χ3n) is 5.99. The first-order valence-electron chi connectivity index (χ1n) is 10.2. The standard InChI is InChI=1S/C22H30N2O3/c1-21(2,26)10-8-18-6-7-19(27-18)20(25)24-13-11-22(16-24)9-3-12-23(15-22)14-17-4-5-17/h6-7,17,26H,3-5,9,11-16H2,1-2H3/t22-/m1/s1. The molecule has 1 aliphatic carbocycles. The summed E-state index contributed by atoms with van der Waals surface area (Å²) in [6, 6.07) is 3.40. The molecule has 5 nitrogen and oxygen atoms in total. The van der Waals surface area contributed by atoms with Crippen molar-refractivity contribution in [2.75, 3.05) is 32.7 Å². The van der Waals surface area contributed by atoms with Gasteiger partial charge >= 0.3 is 0 Å². The summed E-state index contributed by atoms with van der Waals surface area (Å²) in [4.78, 5) is 17.5. The lowest BCUT2D eigenvalue weighted by Crippen LogP contribution is -2.46. The summed E-state index contributed by atoms with van der Waals surface area (Å²) in [5.74, 6) is 7.15. The van der Waals surface area contributed by atoms with Crippen molar-refractivity contribution in [3.05, 3.63) is 23.7 Å². The van der Waals surface area contributed by atoms with Crippen LogP contribution >= 0.6 is 0 Å². The highest BCUT2D eigenvalue weighted by molar-refractivity contribution is 5.91. The second kappa shape index (κ2) is 7.00. The molecular weight excluding hydrogens is 340 g/mol. The van der Waals surface area contributed by atoms with Crippen LogP contribution in [0.4, 0.5) is 0 Å². The minimum Gasteiger partial charge on any atom is -0.443 e. The number of furan rings is 1. The van der Waals surface area contributed by atoms with E-state index in [2.05, 4.69) is 16.7 Å². The van der Waals surface area contributed by atoms with Crippen molar-refractivity contribution in [2.45, 2.75) is 51.6 Å². The lowest BCUT2D eigenvalue weighted by atomic mass is 9.79. The number of likely N-dealkylation sites (tertiary alicyclic amines) is 2. The molecule has 2 saturated heterocycles. The molecule has 1 spiro atoms. The van der Waals surface area contributed by atoms with E-state index in [1.165, 1.54) is 38.8 Å². The minimum absolute atomic E-state index is 0.0394.